The standard InChI is InChI=1S/C32H36N4O4/c1-23-8-10-25(11-9-23)32(19-28-21-39-22-40-28,35-14-12-33-13-15-35)31-34-29-6-4-5-7-30(29)36(31)20-24-16-26(37-2)18-27(17-24)38-3/h4-11,16-18,21,33H,12-15,19-20,22H2,1-3H3. The summed E-state index contributed by atoms with van der Waals surface area (Å²) in [5, 5.41) is 3.53. The molecule has 1 atom stereocenters. The lowest BCUT2D eigenvalue weighted by Gasteiger charge is -2.46. The third-order valence-electron chi connectivity index (χ3n) is 7.92. The molecule has 3 aromatic carbocycles. The monoisotopic (exact) mass is 540 g/mol. The van der Waals surface area contributed by atoms with Crippen LogP contribution < -0.4 is 14.8 Å². The molecule has 0 radical (unpaired) electrons. The van der Waals surface area contributed by atoms with Gasteiger partial charge >= 0.3 is 0 Å². The molecule has 2 aliphatic rings. The Morgan fingerprint density at radius 2 is 1.68 bits per heavy atom. The first-order chi connectivity index (χ1) is 19.6. The van der Waals surface area contributed by atoms with Crippen molar-refractivity contribution in [3.8, 4) is 11.5 Å². The Morgan fingerprint density at radius 1 is 0.950 bits per heavy atom. The second kappa shape index (κ2) is 11.2. The molecule has 0 spiro atoms. The number of hydrogen-bond acceptors (Lipinski definition) is 7. The van der Waals surface area contributed by atoms with Gasteiger partial charge in [0.05, 0.1) is 25.3 Å². The van der Waals surface area contributed by atoms with Crippen LogP contribution in [-0.2, 0) is 21.6 Å². The summed E-state index contributed by atoms with van der Waals surface area (Å²) < 4.78 is 25.1. The number of benzene rings is 3. The number of methoxy groups -OCH3 is 2. The first-order valence-electron chi connectivity index (χ1n) is 13.7. The number of nitrogens with zero attached hydrogens (tertiary/aromatic N) is 3. The highest BCUT2D eigenvalue weighted by molar-refractivity contribution is 5.76. The van der Waals surface area contributed by atoms with Gasteiger partial charge in [0.15, 0.2) is 0 Å². The minimum atomic E-state index is -0.600. The van der Waals surface area contributed by atoms with Gasteiger partial charge in [0.1, 0.15) is 34.9 Å². The van der Waals surface area contributed by atoms with Crippen molar-refractivity contribution in [2.75, 3.05) is 47.2 Å². The molecule has 1 N–H and O–H groups in total. The van der Waals surface area contributed by atoms with Gasteiger partial charge in [-0.1, -0.05) is 42.0 Å². The molecule has 1 saturated heterocycles. The topological polar surface area (TPSA) is 70.0 Å². The molecule has 1 unspecified atom stereocenters. The van der Waals surface area contributed by atoms with Crippen molar-refractivity contribution < 1.29 is 18.9 Å². The highest BCUT2D eigenvalue weighted by Crippen LogP contribution is 2.43. The number of para-hydroxylation sites is 2. The van der Waals surface area contributed by atoms with Crippen LogP contribution in [0.15, 0.2) is 78.8 Å². The number of piperazine rings is 1. The van der Waals surface area contributed by atoms with E-state index in [-0.39, 0.29) is 6.79 Å². The fourth-order valence-corrected chi connectivity index (χ4v) is 5.93. The molecular weight excluding hydrogens is 504 g/mol. The van der Waals surface area contributed by atoms with Crippen LogP contribution in [0.4, 0.5) is 0 Å². The zero-order valence-corrected chi connectivity index (χ0v) is 23.4. The Kier molecular flexibility index (Phi) is 7.36. The van der Waals surface area contributed by atoms with Gasteiger partial charge in [-0.3, -0.25) is 4.90 Å². The van der Waals surface area contributed by atoms with Gasteiger partial charge in [0.2, 0.25) is 6.79 Å². The van der Waals surface area contributed by atoms with E-state index in [0.717, 1.165) is 65.9 Å². The maximum Gasteiger partial charge on any atom is 0.229 e. The molecule has 0 saturated carbocycles. The van der Waals surface area contributed by atoms with E-state index in [0.29, 0.717) is 13.0 Å². The fraction of sp³-hybridized carbons (Fsp3) is 0.344. The average molecular weight is 541 g/mol. The lowest BCUT2D eigenvalue weighted by molar-refractivity contribution is 0.0510. The van der Waals surface area contributed by atoms with Crippen molar-refractivity contribution >= 4 is 11.0 Å². The predicted molar refractivity (Wildman–Crippen MR) is 155 cm³/mol. The van der Waals surface area contributed by atoms with Crippen LogP contribution in [0.5, 0.6) is 11.5 Å². The molecule has 0 amide bonds. The summed E-state index contributed by atoms with van der Waals surface area (Å²) in [5.41, 5.74) is 4.89. The second-order valence-corrected chi connectivity index (χ2v) is 10.4. The molecule has 6 rings (SSSR count). The molecule has 4 aromatic rings. The Hall–Kier alpha value is -4.01. The third-order valence-corrected chi connectivity index (χ3v) is 7.92. The van der Waals surface area contributed by atoms with E-state index in [2.05, 4.69) is 76.3 Å². The van der Waals surface area contributed by atoms with Gasteiger partial charge in [-0.2, -0.15) is 0 Å². The molecule has 1 aromatic heterocycles. The van der Waals surface area contributed by atoms with Crippen LogP contribution in [0.3, 0.4) is 0 Å². The molecule has 8 heteroatoms. The molecule has 208 valence electrons. The number of aryl methyl sites for hydroxylation is 1. The maximum atomic E-state index is 5.99. The Balaban J connectivity index is 1.61. The van der Waals surface area contributed by atoms with Crippen LogP contribution in [0.25, 0.3) is 11.0 Å². The van der Waals surface area contributed by atoms with E-state index in [1.807, 2.05) is 12.1 Å². The quantitative estimate of drug-likeness (QED) is 0.327. The van der Waals surface area contributed by atoms with Gasteiger partial charge in [-0.05, 0) is 42.3 Å². The van der Waals surface area contributed by atoms with Gasteiger partial charge in [0, 0.05) is 45.2 Å². The Morgan fingerprint density at radius 3 is 2.35 bits per heavy atom. The van der Waals surface area contributed by atoms with E-state index in [4.69, 9.17) is 23.9 Å². The van der Waals surface area contributed by atoms with Gasteiger partial charge in [-0.15, -0.1) is 0 Å². The van der Waals surface area contributed by atoms with Crippen molar-refractivity contribution in [1.29, 1.82) is 0 Å². The SMILES string of the molecule is COc1cc(Cn2c(C(CC3=COCO3)(c3ccc(C)cc3)N3CCNCC3)nc3ccccc32)cc(OC)c1. The van der Waals surface area contributed by atoms with Crippen LogP contribution >= 0.6 is 0 Å². The largest absolute Gasteiger partial charge is 0.497 e. The summed E-state index contributed by atoms with van der Waals surface area (Å²) in [6, 6.07) is 23.3. The summed E-state index contributed by atoms with van der Waals surface area (Å²) in [6.07, 6.45) is 2.35. The van der Waals surface area contributed by atoms with Crippen molar-refractivity contribution in [2.24, 2.45) is 0 Å². The number of ether oxygens (including phenoxy) is 4. The zero-order valence-electron chi connectivity index (χ0n) is 23.4. The lowest BCUT2D eigenvalue weighted by atomic mass is 9.81. The van der Waals surface area contributed by atoms with Crippen LogP contribution in [0.2, 0.25) is 0 Å². The smallest absolute Gasteiger partial charge is 0.229 e. The highest BCUT2D eigenvalue weighted by Gasteiger charge is 2.46. The lowest BCUT2D eigenvalue weighted by Crippen LogP contribution is -2.56. The van der Waals surface area contributed by atoms with Crippen LogP contribution in [0, 0.1) is 6.92 Å². The maximum absolute atomic E-state index is 5.99. The number of rotatable bonds is 9. The van der Waals surface area contributed by atoms with Crippen molar-refractivity contribution in [2.45, 2.75) is 25.4 Å². The van der Waals surface area contributed by atoms with E-state index in [1.165, 1.54) is 11.1 Å². The van der Waals surface area contributed by atoms with Gasteiger partial charge < -0.3 is 28.8 Å². The van der Waals surface area contributed by atoms with E-state index < -0.39 is 5.54 Å². The predicted octanol–water partition coefficient (Wildman–Crippen LogP) is 4.79. The molecule has 2 aliphatic heterocycles. The van der Waals surface area contributed by atoms with Crippen molar-refractivity contribution in [1.82, 2.24) is 19.8 Å². The zero-order chi connectivity index (χ0) is 27.5. The minimum Gasteiger partial charge on any atom is -0.497 e. The molecular formula is C32H36N4O4. The Bertz CT molecular complexity index is 1490. The van der Waals surface area contributed by atoms with Crippen LogP contribution in [-0.4, -0.2) is 61.6 Å². The molecule has 0 bridgehead atoms. The number of aromatic nitrogens is 2. The fourth-order valence-electron chi connectivity index (χ4n) is 5.93. The van der Waals surface area contributed by atoms with Gasteiger partial charge in [0.25, 0.3) is 0 Å². The number of nitrogens with one attached hydrogen (secondary N) is 1. The highest BCUT2D eigenvalue weighted by atomic mass is 16.7. The summed E-state index contributed by atoms with van der Waals surface area (Å²) >= 11 is 0. The second-order valence-electron chi connectivity index (χ2n) is 10.4. The van der Waals surface area contributed by atoms with Gasteiger partial charge in [-0.25, -0.2) is 4.98 Å². The minimum absolute atomic E-state index is 0.237. The molecule has 0 aliphatic carbocycles. The summed E-state index contributed by atoms with van der Waals surface area (Å²) in [6.45, 7) is 6.50. The number of imidazole rings is 1. The average Bonchev–Trinajstić information content (AvgIpc) is 3.65. The molecule has 3 heterocycles. The van der Waals surface area contributed by atoms with Crippen molar-refractivity contribution in [3.05, 3.63) is 101 Å². The molecule has 40 heavy (non-hydrogen) atoms. The molecule has 1 fully saturated rings. The third kappa shape index (κ3) is 4.89. The van der Waals surface area contributed by atoms with E-state index in [1.54, 1.807) is 20.5 Å². The first-order valence-corrected chi connectivity index (χ1v) is 13.7. The van der Waals surface area contributed by atoms with E-state index >= 15 is 0 Å². The number of hydrogen-bond donors (Lipinski definition) is 1. The van der Waals surface area contributed by atoms with Crippen molar-refractivity contribution in [3.63, 3.8) is 0 Å². The summed E-state index contributed by atoms with van der Waals surface area (Å²) in [5.74, 6) is 3.31. The van der Waals surface area contributed by atoms with E-state index in [9.17, 15) is 0 Å². The first kappa shape index (κ1) is 26.2. The normalized spacial score (nSPS) is 17.1. The summed E-state index contributed by atoms with van der Waals surface area (Å²) in [7, 11) is 3.36. The van der Waals surface area contributed by atoms with Crippen LogP contribution in [0.1, 0.15) is 28.9 Å². The molecule has 8 nitrogen and oxygen atoms in total. The summed E-state index contributed by atoms with van der Waals surface area (Å²) in [4.78, 5) is 7.95. The Labute approximate surface area is 235 Å². The number of fused-ring (bicyclic) bond motifs is 1.